The number of aryl methyl sites for hydroxylation is 2. The molecule has 0 aliphatic heterocycles. The third-order valence-electron chi connectivity index (χ3n) is 3.06. The summed E-state index contributed by atoms with van der Waals surface area (Å²) in [5, 5.41) is 22.2. The average Bonchev–Trinajstić information content (AvgIpc) is 2.38. The van der Waals surface area contributed by atoms with Crippen LogP contribution in [0.5, 0.6) is 5.75 Å². The summed E-state index contributed by atoms with van der Waals surface area (Å²) in [6, 6.07) is 5.97. The molecule has 19 heavy (non-hydrogen) atoms. The van der Waals surface area contributed by atoms with E-state index in [0.29, 0.717) is 19.5 Å². The summed E-state index contributed by atoms with van der Waals surface area (Å²) in [4.78, 5) is 0. The first-order valence-electron chi connectivity index (χ1n) is 6.80. The van der Waals surface area contributed by atoms with Crippen LogP contribution in [0.15, 0.2) is 18.2 Å². The SMILES string of the molecule is CCC(O)CNCC(O)COc1c(C)cccc1C. The smallest absolute Gasteiger partial charge is 0.125 e. The fourth-order valence-electron chi connectivity index (χ4n) is 1.83. The molecule has 2 atom stereocenters. The van der Waals surface area contributed by atoms with Crippen molar-refractivity contribution in [1.29, 1.82) is 0 Å². The molecule has 0 bridgehead atoms. The first-order valence-corrected chi connectivity index (χ1v) is 6.80. The van der Waals surface area contributed by atoms with Crippen molar-refractivity contribution in [2.45, 2.75) is 39.4 Å². The molecule has 2 unspecified atom stereocenters. The van der Waals surface area contributed by atoms with E-state index in [2.05, 4.69) is 5.32 Å². The minimum Gasteiger partial charge on any atom is -0.490 e. The van der Waals surface area contributed by atoms with E-state index in [9.17, 15) is 10.2 Å². The number of aliphatic hydroxyl groups is 2. The average molecular weight is 267 g/mol. The Morgan fingerprint density at radius 2 is 1.68 bits per heavy atom. The molecule has 0 saturated carbocycles. The number of hydrogen-bond donors (Lipinski definition) is 3. The van der Waals surface area contributed by atoms with Crippen molar-refractivity contribution in [2.24, 2.45) is 0 Å². The van der Waals surface area contributed by atoms with Crippen LogP contribution in [0.1, 0.15) is 24.5 Å². The van der Waals surface area contributed by atoms with E-state index < -0.39 is 6.10 Å². The number of nitrogens with one attached hydrogen (secondary N) is 1. The molecule has 3 N–H and O–H groups in total. The minimum atomic E-state index is -0.580. The van der Waals surface area contributed by atoms with Gasteiger partial charge in [0.1, 0.15) is 18.5 Å². The van der Waals surface area contributed by atoms with Gasteiger partial charge in [0, 0.05) is 13.1 Å². The molecule has 0 saturated heterocycles. The zero-order valence-electron chi connectivity index (χ0n) is 12.0. The zero-order valence-corrected chi connectivity index (χ0v) is 12.0. The van der Waals surface area contributed by atoms with E-state index in [1.807, 2.05) is 39.0 Å². The van der Waals surface area contributed by atoms with Crippen molar-refractivity contribution >= 4 is 0 Å². The Bertz CT molecular complexity index is 361. The van der Waals surface area contributed by atoms with Crippen LogP contribution in [0.25, 0.3) is 0 Å². The fourth-order valence-corrected chi connectivity index (χ4v) is 1.83. The Balaban J connectivity index is 2.32. The highest BCUT2D eigenvalue weighted by molar-refractivity contribution is 5.39. The standard InChI is InChI=1S/C15H25NO3/c1-4-13(17)8-16-9-14(18)10-19-15-11(2)6-5-7-12(15)3/h5-7,13-14,16-18H,4,8-10H2,1-3H3. The maximum atomic E-state index is 9.81. The summed E-state index contributed by atoms with van der Waals surface area (Å²) in [6.07, 6.45) is -0.225. The van der Waals surface area contributed by atoms with Crippen LogP contribution >= 0.6 is 0 Å². The molecule has 1 aromatic rings. The zero-order chi connectivity index (χ0) is 14.3. The molecule has 1 rings (SSSR count). The van der Waals surface area contributed by atoms with Crippen molar-refractivity contribution in [3.05, 3.63) is 29.3 Å². The molecule has 0 aliphatic carbocycles. The molecule has 0 aromatic heterocycles. The Morgan fingerprint density at radius 3 is 2.26 bits per heavy atom. The third kappa shape index (κ3) is 5.59. The minimum absolute atomic E-state index is 0.251. The van der Waals surface area contributed by atoms with Crippen LogP contribution in [-0.4, -0.2) is 42.1 Å². The maximum Gasteiger partial charge on any atom is 0.125 e. The van der Waals surface area contributed by atoms with Crippen molar-refractivity contribution in [2.75, 3.05) is 19.7 Å². The van der Waals surface area contributed by atoms with Gasteiger partial charge in [0.15, 0.2) is 0 Å². The van der Waals surface area contributed by atoms with Crippen LogP contribution < -0.4 is 10.1 Å². The molecular weight excluding hydrogens is 242 g/mol. The van der Waals surface area contributed by atoms with Gasteiger partial charge in [-0.25, -0.2) is 0 Å². The third-order valence-corrected chi connectivity index (χ3v) is 3.06. The van der Waals surface area contributed by atoms with Gasteiger partial charge in [0.2, 0.25) is 0 Å². The number of hydrogen-bond acceptors (Lipinski definition) is 4. The Kier molecular flexibility index (Phi) is 6.84. The van der Waals surface area contributed by atoms with Gasteiger partial charge in [0.05, 0.1) is 6.10 Å². The van der Waals surface area contributed by atoms with Crippen molar-refractivity contribution in [3.8, 4) is 5.75 Å². The van der Waals surface area contributed by atoms with E-state index in [4.69, 9.17) is 4.74 Å². The van der Waals surface area contributed by atoms with E-state index >= 15 is 0 Å². The highest BCUT2D eigenvalue weighted by atomic mass is 16.5. The van der Waals surface area contributed by atoms with Crippen molar-refractivity contribution in [1.82, 2.24) is 5.32 Å². The van der Waals surface area contributed by atoms with Crippen molar-refractivity contribution < 1.29 is 14.9 Å². The molecule has 1 aromatic carbocycles. The predicted octanol–water partition coefficient (Wildman–Crippen LogP) is 1.40. The Labute approximate surface area is 115 Å². The summed E-state index contributed by atoms with van der Waals surface area (Å²) in [7, 11) is 0. The Hall–Kier alpha value is -1.10. The largest absolute Gasteiger partial charge is 0.490 e. The van der Waals surface area contributed by atoms with Crippen LogP contribution in [0.4, 0.5) is 0 Å². The van der Waals surface area contributed by atoms with Crippen LogP contribution in [0.2, 0.25) is 0 Å². The van der Waals surface area contributed by atoms with E-state index in [1.54, 1.807) is 0 Å². The summed E-state index contributed by atoms with van der Waals surface area (Å²) in [6.45, 7) is 7.07. The number of para-hydroxylation sites is 1. The lowest BCUT2D eigenvalue weighted by Gasteiger charge is -2.17. The molecule has 0 heterocycles. The molecule has 0 spiro atoms. The van der Waals surface area contributed by atoms with Gasteiger partial charge in [-0.3, -0.25) is 0 Å². The number of rotatable bonds is 8. The first kappa shape index (κ1) is 16.0. The molecule has 0 amide bonds. The summed E-state index contributed by atoms with van der Waals surface area (Å²) in [5.74, 6) is 0.843. The van der Waals surface area contributed by atoms with Gasteiger partial charge < -0.3 is 20.3 Å². The highest BCUT2D eigenvalue weighted by Crippen LogP contribution is 2.22. The van der Waals surface area contributed by atoms with E-state index in [0.717, 1.165) is 16.9 Å². The number of aliphatic hydroxyl groups excluding tert-OH is 2. The Morgan fingerprint density at radius 1 is 1.11 bits per heavy atom. The van der Waals surface area contributed by atoms with E-state index in [-0.39, 0.29) is 12.7 Å². The second-order valence-electron chi connectivity index (χ2n) is 4.91. The number of benzene rings is 1. The molecule has 4 nitrogen and oxygen atoms in total. The molecular formula is C15H25NO3. The lowest BCUT2D eigenvalue weighted by atomic mass is 10.1. The van der Waals surface area contributed by atoms with Gasteiger partial charge in [-0.05, 0) is 31.4 Å². The normalized spacial score (nSPS) is 14.2. The van der Waals surface area contributed by atoms with Gasteiger partial charge in [-0.1, -0.05) is 25.1 Å². The lowest BCUT2D eigenvalue weighted by molar-refractivity contribution is 0.0986. The molecule has 108 valence electrons. The van der Waals surface area contributed by atoms with Gasteiger partial charge in [-0.15, -0.1) is 0 Å². The van der Waals surface area contributed by atoms with Crippen LogP contribution in [-0.2, 0) is 0 Å². The highest BCUT2D eigenvalue weighted by Gasteiger charge is 2.09. The first-order chi connectivity index (χ1) is 9.04. The van der Waals surface area contributed by atoms with Gasteiger partial charge >= 0.3 is 0 Å². The summed E-state index contributed by atoms with van der Waals surface area (Å²) < 4.78 is 5.66. The quantitative estimate of drug-likeness (QED) is 0.666. The lowest BCUT2D eigenvalue weighted by Crippen LogP contribution is -2.35. The van der Waals surface area contributed by atoms with Crippen LogP contribution in [0, 0.1) is 13.8 Å². The summed E-state index contributed by atoms with van der Waals surface area (Å²) >= 11 is 0. The van der Waals surface area contributed by atoms with Gasteiger partial charge in [0.25, 0.3) is 0 Å². The van der Waals surface area contributed by atoms with Crippen molar-refractivity contribution in [3.63, 3.8) is 0 Å². The predicted molar refractivity (Wildman–Crippen MR) is 76.6 cm³/mol. The van der Waals surface area contributed by atoms with E-state index in [1.165, 1.54) is 0 Å². The second-order valence-corrected chi connectivity index (χ2v) is 4.91. The molecule has 0 aliphatic rings. The molecule has 0 radical (unpaired) electrons. The molecule has 0 fully saturated rings. The topological polar surface area (TPSA) is 61.7 Å². The van der Waals surface area contributed by atoms with Gasteiger partial charge in [-0.2, -0.15) is 0 Å². The van der Waals surface area contributed by atoms with Crippen LogP contribution in [0.3, 0.4) is 0 Å². The summed E-state index contributed by atoms with van der Waals surface area (Å²) in [5.41, 5.74) is 2.14. The second kappa shape index (κ2) is 8.15. The number of ether oxygens (including phenoxy) is 1. The molecule has 4 heteroatoms. The monoisotopic (exact) mass is 267 g/mol. The maximum absolute atomic E-state index is 9.81. The fraction of sp³-hybridized carbons (Fsp3) is 0.600.